The Kier molecular flexibility index (Phi) is 11.9. The van der Waals surface area contributed by atoms with Crippen LogP contribution in [-0.2, 0) is 18.9 Å². The number of hydrogen-bond donors (Lipinski definition) is 4. The molecule has 0 aliphatic heterocycles. The maximum absolute atomic E-state index is 11.7. The Balaban J connectivity index is 0. The summed E-state index contributed by atoms with van der Waals surface area (Å²) in [5.41, 5.74) is 3.83. The zero-order valence-electron chi connectivity index (χ0n) is 12.9. The third-order valence-electron chi connectivity index (χ3n) is 2.54. The number of rotatable bonds is 9. The number of nitrogens with one attached hydrogen (secondary N) is 2. The van der Waals surface area contributed by atoms with Gasteiger partial charge in [-0.2, -0.15) is 0 Å². The van der Waals surface area contributed by atoms with E-state index < -0.39 is 43.6 Å². The molecule has 9 nitrogen and oxygen atoms in total. The average molecular weight is 344 g/mol. The van der Waals surface area contributed by atoms with Gasteiger partial charge in [-0.1, -0.05) is 4.57 Å². The van der Waals surface area contributed by atoms with Crippen molar-refractivity contribution in [3.8, 4) is 0 Å². The second-order valence-electron chi connectivity index (χ2n) is 4.72. The van der Waals surface area contributed by atoms with Gasteiger partial charge in [-0.05, 0) is 20.3 Å². The first-order chi connectivity index (χ1) is 9.60. The zero-order valence-corrected chi connectivity index (χ0v) is 15.8. The molecule has 0 aromatic carbocycles. The molecule has 1 unspecified atom stereocenters. The van der Waals surface area contributed by atoms with Crippen molar-refractivity contribution in [3.63, 3.8) is 0 Å². The van der Waals surface area contributed by atoms with Crippen molar-refractivity contribution in [2.45, 2.75) is 38.4 Å². The van der Waals surface area contributed by atoms with Crippen molar-refractivity contribution in [2.75, 3.05) is 12.5 Å². The SMILES string of the molecule is C[C@H](NC(=O)[C@@](C)(N)NC(=O)CCC[P+](=O)CO)C(=O)[O-].[Na+]. The summed E-state index contributed by atoms with van der Waals surface area (Å²) in [6.07, 6.45) is 0.00938. The molecule has 0 aliphatic rings. The molecule has 0 saturated heterocycles. The molecule has 0 bridgehead atoms. The number of aliphatic hydroxyl groups excluding tert-OH is 1. The van der Waals surface area contributed by atoms with E-state index in [-0.39, 0.29) is 48.6 Å². The molecular formula is C11H20N3NaO6P+. The second-order valence-corrected chi connectivity index (χ2v) is 6.41. The van der Waals surface area contributed by atoms with Crippen LogP contribution in [0.15, 0.2) is 0 Å². The van der Waals surface area contributed by atoms with E-state index in [1.54, 1.807) is 0 Å². The van der Waals surface area contributed by atoms with E-state index >= 15 is 0 Å². The summed E-state index contributed by atoms with van der Waals surface area (Å²) in [5.74, 6) is -2.88. The van der Waals surface area contributed by atoms with Crippen LogP contribution in [0.4, 0.5) is 0 Å². The van der Waals surface area contributed by atoms with E-state index in [9.17, 15) is 24.1 Å². The van der Waals surface area contributed by atoms with Gasteiger partial charge in [-0.15, -0.1) is 0 Å². The molecule has 0 fully saturated rings. The van der Waals surface area contributed by atoms with Crippen LogP contribution < -0.4 is 51.0 Å². The van der Waals surface area contributed by atoms with E-state index in [4.69, 9.17) is 10.8 Å². The Morgan fingerprint density at radius 3 is 2.41 bits per heavy atom. The van der Waals surface area contributed by atoms with Crippen LogP contribution in [0, 0.1) is 0 Å². The van der Waals surface area contributed by atoms with Crippen molar-refractivity contribution >= 4 is 25.6 Å². The molecule has 0 radical (unpaired) electrons. The number of amides is 2. The predicted molar refractivity (Wildman–Crippen MR) is 72.1 cm³/mol. The molecule has 5 N–H and O–H groups in total. The largest absolute Gasteiger partial charge is 1.00 e. The molecule has 0 aliphatic carbocycles. The first-order valence-electron chi connectivity index (χ1n) is 6.24. The fraction of sp³-hybridized carbons (Fsp3) is 0.727. The molecule has 0 rings (SSSR count). The Bertz CT molecular complexity index is 432. The first kappa shape index (κ1) is 23.7. The number of aliphatic carboxylic acids is 1. The third-order valence-corrected chi connectivity index (χ3v) is 3.67. The topological polar surface area (TPSA) is 162 Å². The van der Waals surface area contributed by atoms with Crippen molar-refractivity contribution in [2.24, 2.45) is 5.73 Å². The van der Waals surface area contributed by atoms with Crippen LogP contribution in [0.3, 0.4) is 0 Å². The van der Waals surface area contributed by atoms with Crippen LogP contribution in [0.1, 0.15) is 26.7 Å². The van der Waals surface area contributed by atoms with Gasteiger partial charge in [0.2, 0.25) is 12.3 Å². The van der Waals surface area contributed by atoms with Crippen LogP contribution in [0.5, 0.6) is 0 Å². The fourth-order valence-corrected chi connectivity index (χ4v) is 1.95. The van der Waals surface area contributed by atoms with Crippen molar-refractivity contribution in [3.05, 3.63) is 0 Å². The van der Waals surface area contributed by atoms with Crippen LogP contribution >= 0.6 is 7.80 Å². The zero-order chi connectivity index (χ0) is 16.6. The van der Waals surface area contributed by atoms with Crippen LogP contribution in [0.2, 0.25) is 0 Å². The molecule has 2 amide bonds. The summed E-state index contributed by atoms with van der Waals surface area (Å²) in [4.78, 5) is 33.8. The number of aliphatic hydroxyl groups is 1. The standard InChI is InChI=1S/C11H20N3O6P.Na/c1-7(9(17)18)13-10(19)11(2,12)14-8(16)4-3-5-21(20)6-15;/h7,15H,3-6,12H2,1-2H3,(H2-,13,14,16,17,18,19);/q;+1/t7-,11-;/m0./s1. The molecule has 3 atom stereocenters. The first-order valence-corrected chi connectivity index (χ1v) is 7.87. The maximum atomic E-state index is 11.7. The number of carboxylic acid groups (broad SMARTS) is 1. The number of hydrogen-bond acceptors (Lipinski definition) is 7. The Morgan fingerprint density at radius 1 is 1.41 bits per heavy atom. The summed E-state index contributed by atoms with van der Waals surface area (Å²) >= 11 is 0. The third kappa shape index (κ3) is 9.45. The molecule has 120 valence electrons. The summed E-state index contributed by atoms with van der Waals surface area (Å²) < 4.78 is 11.0. The molecule has 0 aromatic heterocycles. The molecule has 22 heavy (non-hydrogen) atoms. The van der Waals surface area contributed by atoms with Gasteiger partial charge < -0.3 is 31.4 Å². The van der Waals surface area contributed by atoms with E-state index in [1.807, 2.05) is 0 Å². The number of nitrogens with two attached hydrogens (primary N) is 1. The smallest absolute Gasteiger partial charge is 0.548 e. The summed E-state index contributed by atoms with van der Waals surface area (Å²) in [7, 11) is -1.73. The second kappa shape index (κ2) is 11.0. The summed E-state index contributed by atoms with van der Waals surface area (Å²) in [5, 5.41) is 23.4. The number of carboxylic acids is 1. The Morgan fingerprint density at radius 2 is 1.95 bits per heavy atom. The van der Waals surface area contributed by atoms with Crippen LogP contribution in [-0.4, -0.2) is 47.1 Å². The molecule has 0 saturated carbocycles. The van der Waals surface area contributed by atoms with E-state index in [2.05, 4.69) is 10.6 Å². The molecule has 0 heterocycles. The van der Waals surface area contributed by atoms with E-state index in [1.165, 1.54) is 13.8 Å². The van der Waals surface area contributed by atoms with Gasteiger partial charge in [-0.3, -0.25) is 9.59 Å². The van der Waals surface area contributed by atoms with Crippen molar-refractivity contribution in [1.82, 2.24) is 10.6 Å². The van der Waals surface area contributed by atoms with E-state index in [0.29, 0.717) is 0 Å². The fourth-order valence-electron chi connectivity index (χ4n) is 1.30. The Hall–Kier alpha value is -0.570. The van der Waals surface area contributed by atoms with Crippen LogP contribution in [0.25, 0.3) is 0 Å². The summed E-state index contributed by atoms with van der Waals surface area (Å²) in [6.45, 7) is 2.42. The molecule has 11 heteroatoms. The predicted octanol–water partition coefficient (Wildman–Crippen LogP) is -5.41. The Labute approximate surface area is 151 Å². The quantitative estimate of drug-likeness (QED) is 0.184. The van der Waals surface area contributed by atoms with Gasteiger partial charge in [-0.25, -0.2) is 0 Å². The summed E-state index contributed by atoms with van der Waals surface area (Å²) in [6, 6.07) is -1.24. The van der Waals surface area contributed by atoms with Gasteiger partial charge in [0.15, 0.2) is 5.66 Å². The van der Waals surface area contributed by atoms with Gasteiger partial charge in [0.05, 0.1) is 12.0 Å². The van der Waals surface area contributed by atoms with Gasteiger partial charge in [0.1, 0.15) is 6.16 Å². The molecule has 0 spiro atoms. The minimum absolute atomic E-state index is 0. The number of carbonyl (C=O) groups is 3. The molecular weight excluding hydrogens is 324 g/mol. The maximum Gasteiger partial charge on any atom is 1.00 e. The van der Waals surface area contributed by atoms with E-state index in [0.717, 1.165) is 0 Å². The minimum atomic E-state index is -1.78. The van der Waals surface area contributed by atoms with Gasteiger partial charge >= 0.3 is 37.4 Å². The van der Waals surface area contributed by atoms with Gasteiger partial charge in [0, 0.05) is 6.42 Å². The van der Waals surface area contributed by atoms with Crippen molar-refractivity contribution in [1.29, 1.82) is 0 Å². The minimum Gasteiger partial charge on any atom is -0.548 e. The molecule has 0 aromatic rings. The average Bonchev–Trinajstić information content (AvgIpc) is 2.37. The normalized spacial score (nSPS) is 14.8. The monoisotopic (exact) mass is 344 g/mol. The number of carbonyl (C=O) groups excluding carboxylic acids is 3. The van der Waals surface area contributed by atoms with Gasteiger partial charge in [0.25, 0.3) is 5.91 Å². The van der Waals surface area contributed by atoms with Crippen molar-refractivity contribution < 1.29 is 58.7 Å².